The summed E-state index contributed by atoms with van der Waals surface area (Å²) in [5, 5.41) is 0. The molecule has 0 aromatic carbocycles. The van der Waals surface area contributed by atoms with Gasteiger partial charge in [-0.05, 0) is 75.3 Å². The van der Waals surface area contributed by atoms with E-state index in [1.54, 1.807) is 0 Å². The van der Waals surface area contributed by atoms with E-state index in [1.165, 1.54) is 30.4 Å². The number of nitrogens with zero attached hydrogens (tertiary/aromatic N) is 1. The molecule has 0 spiro atoms. The van der Waals surface area contributed by atoms with Gasteiger partial charge in [0, 0.05) is 17.3 Å². The monoisotopic (exact) mass is 449 g/mol. The number of ether oxygens (including phenoxy) is 1. The van der Waals surface area contributed by atoms with Crippen molar-refractivity contribution in [3.05, 3.63) is 21.9 Å². The molecule has 0 saturated heterocycles. The molecule has 2 aliphatic rings. The lowest BCUT2D eigenvalue weighted by Crippen LogP contribution is -2.43. The van der Waals surface area contributed by atoms with Gasteiger partial charge >= 0.3 is 5.97 Å². The van der Waals surface area contributed by atoms with Crippen molar-refractivity contribution in [3.63, 3.8) is 0 Å². The first-order chi connectivity index (χ1) is 14.9. The molecule has 4 nitrogen and oxygen atoms in total. The fourth-order valence-electron chi connectivity index (χ4n) is 4.63. The fraction of sp³-hybridized carbons (Fsp3) is 0.680. The Kier molecular flexibility index (Phi) is 8.70. The van der Waals surface area contributed by atoms with Gasteiger partial charge in [0.1, 0.15) is 11.0 Å². The first kappa shape index (κ1) is 24.0. The largest absolute Gasteiger partial charge is 0.465 e. The van der Waals surface area contributed by atoms with Gasteiger partial charge in [-0.2, -0.15) is 0 Å². The Labute approximate surface area is 189 Å². The Morgan fingerprint density at radius 2 is 1.97 bits per heavy atom. The highest BCUT2D eigenvalue weighted by Gasteiger charge is 2.34. The molecule has 0 atom stereocenters. The molecular weight excluding hydrogens is 413 g/mol. The third-order valence-corrected chi connectivity index (χ3v) is 7.56. The lowest BCUT2D eigenvalue weighted by atomic mass is 9.91. The van der Waals surface area contributed by atoms with Crippen LogP contribution in [0.15, 0.2) is 12.1 Å². The zero-order chi connectivity index (χ0) is 22.4. The van der Waals surface area contributed by atoms with Crippen LogP contribution in [0.25, 0.3) is 5.57 Å². The number of allylic oxidation sites excluding steroid dienone is 2. The Hall–Kier alpha value is -1.69. The second-order valence-electron chi connectivity index (χ2n) is 9.25. The van der Waals surface area contributed by atoms with Crippen LogP contribution in [0.2, 0.25) is 0 Å². The molecule has 0 aliphatic heterocycles. The van der Waals surface area contributed by atoms with Gasteiger partial charge in [0.15, 0.2) is 0 Å². The number of esters is 1. The molecular formula is C25H36FNO3S. The predicted molar refractivity (Wildman–Crippen MR) is 125 cm³/mol. The van der Waals surface area contributed by atoms with Crippen LogP contribution in [0.5, 0.6) is 0 Å². The summed E-state index contributed by atoms with van der Waals surface area (Å²) in [6.45, 7) is 4.31. The molecule has 2 aliphatic carbocycles. The van der Waals surface area contributed by atoms with Crippen LogP contribution in [0.4, 0.5) is 10.1 Å². The Morgan fingerprint density at radius 1 is 1.23 bits per heavy atom. The molecule has 0 N–H and O–H groups in total. The normalized spacial score (nSPS) is 21.6. The minimum Gasteiger partial charge on any atom is -0.465 e. The summed E-state index contributed by atoms with van der Waals surface area (Å²) in [4.78, 5) is 29.5. The number of anilines is 1. The van der Waals surface area contributed by atoms with Crippen LogP contribution in [-0.2, 0) is 9.53 Å². The molecule has 172 valence electrons. The molecule has 0 radical (unpaired) electrons. The number of hydrogen-bond acceptors (Lipinski definition) is 4. The third-order valence-electron chi connectivity index (χ3n) is 6.38. The van der Waals surface area contributed by atoms with Crippen molar-refractivity contribution in [1.82, 2.24) is 0 Å². The molecule has 3 rings (SSSR count). The quantitative estimate of drug-likeness (QED) is 0.404. The van der Waals surface area contributed by atoms with Gasteiger partial charge in [-0.1, -0.05) is 26.3 Å². The van der Waals surface area contributed by atoms with Crippen molar-refractivity contribution in [2.45, 2.75) is 96.7 Å². The molecule has 1 amide bonds. The summed E-state index contributed by atoms with van der Waals surface area (Å²) in [6, 6.07) is 1.94. The molecule has 6 heteroatoms. The molecule has 0 unspecified atom stereocenters. The van der Waals surface area contributed by atoms with Gasteiger partial charge in [0.05, 0.1) is 12.8 Å². The smallest absolute Gasteiger partial charge is 0.350 e. The lowest BCUT2D eigenvalue weighted by molar-refractivity contribution is -0.119. The average molecular weight is 450 g/mol. The lowest BCUT2D eigenvalue weighted by Gasteiger charge is -2.35. The average Bonchev–Trinajstić information content (AvgIpc) is 3.20. The second kappa shape index (κ2) is 11.3. The van der Waals surface area contributed by atoms with E-state index < -0.39 is 12.1 Å². The van der Waals surface area contributed by atoms with Crippen molar-refractivity contribution in [2.75, 3.05) is 12.0 Å². The van der Waals surface area contributed by atoms with Crippen LogP contribution in [0, 0.1) is 5.92 Å². The van der Waals surface area contributed by atoms with E-state index in [4.69, 9.17) is 4.74 Å². The van der Waals surface area contributed by atoms with E-state index in [1.807, 2.05) is 11.0 Å². The maximum atomic E-state index is 13.8. The van der Waals surface area contributed by atoms with E-state index in [-0.39, 0.29) is 11.9 Å². The van der Waals surface area contributed by atoms with Crippen molar-refractivity contribution in [2.24, 2.45) is 5.92 Å². The topological polar surface area (TPSA) is 46.6 Å². The second-order valence-corrected chi connectivity index (χ2v) is 10.3. The van der Waals surface area contributed by atoms with Crippen molar-refractivity contribution < 1.29 is 18.7 Å². The summed E-state index contributed by atoms with van der Waals surface area (Å²) in [5.74, 6) is 0.178. The van der Waals surface area contributed by atoms with E-state index in [2.05, 4.69) is 19.9 Å². The first-order valence-corrected chi connectivity index (χ1v) is 12.6. The van der Waals surface area contributed by atoms with E-state index in [0.29, 0.717) is 48.6 Å². The Balaban J connectivity index is 1.95. The number of halogens is 1. The molecule has 1 saturated carbocycles. The summed E-state index contributed by atoms with van der Waals surface area (Å²) >= 11 is 1.43. The summed E-state index contributed by atoms with van der Waals surface area (Å²) in [5.41, 5.74) is 1.92. The van der Waals surface area contributed by atoms with Crippen LogP contribution < -0.4 is 4.90 Å². The van der Waals surface area contributed by atoms with Crippen molar-refractivity contribution >= 4 is 34.5 Å². The van der Waals surface area contributed by atoms with Gasteiger partial charge in [-0.3, -0.25) is 4.79 Å². The molecule has 1 fully saturated rings. The van der Waals surface area contributed by atoms with Gasteiger partial charge < -0.3 is 9.64 Å². The van der Waals surface area contributed by atoms with Crippen LogP contribution >= 0.6 is 11.3 Å². The van der Waals surface area contributed by atoms with Crippen molar-refractivity contribution in [1.29, 1.82) is 0 Å². The molecule has 1 heterocycles. The Morgan fingerprint density at radius 3 is 2.58 bits per heavy atom. The van der Waals surface area contributed by atoms with Gasteiger partial charge in [-0.15, -0.1) is 11.3 Å². The highest BCUT2D eigenvalue weighted by molar-refractivity contribution is 7.15. The predicted octanol–water partition coefficient (Wildman–Crippen LogP) is 6.93. The Bertz CT molecular complexity index is 793. The number of thiophene rings is 1. The molecule has 0 bridgehead atoms. The van der Waals surface area contributed by atoms with Gasteiger partial charge in [0.25, 0.3) is 0 Å². The third kappa shape index (κ3) is 6.18. The minimum atomic E-state index is -0.792. The number of carbonyl (C=O) groups is 2. The fourth-order valence-corrected chi connectivity index (χ4v) is 5.76. The first-order valence-electron chi connectivity index (χ1n) is 11.8. The van der Waals surface area contributed by atoms with E-state index >= 15 is 0 Å². The number of hydrogen-bond donors (Lipinski definition) is 0. The molecule has 1 aromatic heterocycles. The number of amides is 1. The maximum absolute atomic E-state index is 13.8. The maximum Gasteiger partial charge on any atom is 0.350 e. The van der Waals surface area contributed by atoms with Gasteiger partial charge in [0.2, 0.25) is 5.91 Å². The number of methoxy groups -OCH3 is 1. The number of rotatable bonds is 8. The van der Waals surface area contributed by atoms with Gasteiger partial charge in [-0.25, -0.2) is 9.18 Å². The number of carbonyl (C=O) groups excluding carboxylic acids is 2. The highest BCUT2D eigenvalue weighted by Crippen LogP contribution is 2.41. The summed E-state index contributed by atoms with van der Waals surface area (Å²) < 4.78 is 18.9. The number of alkyl halides is 1. The van der Waals surface area contributed by atoms with E-state index in [0.717, 1.165) is 37.0 Å². The molecule has 1 aromatic rings. The summed E-state index contributed by atoms with van der Waals surface area (Å²) in [7, 11) is 1.38. The SMILES string of the molecule is COC(=O)c1sc(C2=CCCCC2)cc1N(C(=O)CCCC(C)C)C1CCC(F)CC1. The van der Waals surface area contributed by atoms with E-state index in [9.17, 15) is 14.0 Å². The zero-order valence-electron chi connectivity index (χ0n) is 19.1. The zero-order valence-corrected chi connectivity index (χ0v) is 19.9. The molecule has 31 heavy (non-hydrogen) atoms. The summed E-state index contributed by atoms with van der Waals surface area (Å²) in [6.07, 6.45) is 10.3. The van der Waals surface area contributed by atoms with Crippen LogP contribution in [-0.4, -0.2) is 31.2 Å². The minimum absolute atomic E-state index is 0.0371. The van der Waals surface area contributed by atoms with Crippen LogP contribution in [0.3, 0.4) is 0 Å². The standard InChI is InChI=1S/C25H36FNO3S/c1-17(2)8-7-11-23(28)27(20-14-12-19(26)13-15-20)21-16-22(18-9-5-4-6-10-18)31-24(21)25(29)30-3/h9,16-17,19-20H,4-8,10-15H2,1-3H3. The highest BCUT2D eigenvalue weighted by atomic mass is 32.1. The van der Waals surface area contributed by atoms with Crippen molar-refractivity contribution in [3.8, 4) is 0 Å². The van der Waals surface area contributed by atoms with Crippen LogP contribution in [0.1, 0.15) is 99.0 Å².